The second kappa shape index (κ2) is 7.94. The minimum atomic E-state index is -0.0783. The van der Waals surface area contributed by atoms with Gasteiger partial charge in [0.1, 0.15) is 5.82 Å². The van der Waals surface area contributed by atoms with Crippen LogP contribution in [0.15, 0.2) is 24.3 Å². The van der Waals surface area contributed by atoms with Crippen molar-refractivity contribution in [1.82, 2.24) is 25.0 Å². The normalized spacial score (nSPS) is 19.5. The maximum absolute atomic E-state index is 13.0. The van der Waals surface area contributed by atoms with E-state index < -0.39 is 0 Å². The Labute approximate surface area is 164 Å². The van der Waals surface area contributed by atoms with Gasteiger partial charge in [-0.3, -0.25) is 4.79 Å². The fourth-order valence-corrected chi connectivity index (χ4v) is 3.72. The third kappa shape index (κ3) is 3.59. The van der Waals surface area contributed by atoms with Crippen molar-refractivity contribution in [2.75, 3.05) is 20.1 Å². The summed E-state index contributed by atoms with van der Waals surface area (Å²) >= 11 is 6.34. The highest BCUT2D eigenvalue weighted by Gasteiger charge is 2.35. The highest BCUT2D eigenvalue weighted by atomic mass is 35.5. The number of rotatable bonds is 5. The fraction of sp³-hybridized carbons (Fsp3) is 0.500. The Balaban J connectivity index is 0.00000196. The molecule has 6 nitrogen and oxygen atoms in total. The van der Waals surface area contributed by atoms with Crippen LogP contribution in [-0.4, -0.2) is 51.8 Å². The summed E-state index contributed by atoms with van der Waals surface area (Å²) in [6.45, 7) is 1.57. The number of hydrogen-bond donors (Lipinski definition) is 1. The monoisotopic (exact) mass is 395 g/mol. The number of carbonyl (C=O) groups excluding carboxylic acids is 1. The van der Waals surface area contributed by atoms with Gasteiger partial charge in [-0.1, -0.05) is 23.7 Å². The minimum Gasteiger partial charge on any atom is -0.332 e. The van der Waals surface area contributed by atoms with Crippen molar-refractivity contribution in [1.29, 1.82) is 0 Å². The molecule has 1 saturated carbocycles. The van der Waals surface area contributed by atoms with Gasteiger partial charge < -0.3 is 10.2 Å². The number of amides is 1. The smallest absolute Gasteiger partial charge is 0.293 e. The van der Waals surface area contributed by atoms with Gasteiger partial charge in [-0.15, -0.1) is 17.5 Å². The van der Waals surface area contributed by atoms with Crippen LogP contribution in [0.3, 0.4) is 0 Å². The van der Waals surface area contributed by atoms with Crippen molar-refractivity contribution < 1.29 is 4.79 Å². The van der Waals surface area contributed by atoms with Gasteiger partial charge >= 0.3 is 0 Å². The van der Waals surface area contributed by atoms with E-state index in [4.69, 9.17) is 11.6 Å². The fourth-order valence-electron chi connectivity index (χ4n) is 3.50. The van der Waals surface area contributed by atoms with Crippen molar-refractivity contribution >= 4 is 29.9 Å². The molecular weight excluding hydrogens is 373 g/mol. The lowest BCUT2D eigenvalue weighted by atomic mass is 10.2. The number of para-hydroxylation sites is 1. The average Bonchev–Trinajstić information content (AvgIpc) is 3.19. The minimum absolute atomic E-state index is 0. The number of nitrogens with zero attached hydrogens (tertiary/aromatic N) is 4. The Kier molecular flexibility index (Phi) is 5.85. The van der Waals surface area contributed by atoms with E-state index in [1.54, 1.807) is 4.68 Å². The molecule has 1 aromatic heterocycles. The van der Waals surface area contributed by atoms with E-state index in [-0.39, 0.29) is 30.2 Å². The number of likely N-dealkylation sites (N-methyl/N-ethyl adjacent to an activating group) is 1. The lowest BCUT2D eigenvalue weighted by Gasteiger charge is -2.23. The zero-order valence-electron chi connectivity index (χ0n) is 14.7. The molecule has 0 radical (unpaired) electrons. The summed E-state index contributed by atoms with van der Waals surface area (Å²) in [5, 5.41) is 8.33. The summed E-state index contributed by atoms with van der Waals surface area (Å²) in [5.41, 5.74) is 0.783. The SMILES string of the molecule is CNCC1CCCN1C(=O)c1nc(C2CC2)n(-c2ccccc2Cl)n1.Cl. The Bertz CT molecular complexity index is 790. The van der Waals surface area contributed by atoms with Crippen LogP contribution in [0, 0.1) is 0 Å². The molecule has 2 aliphatic rings. The molecule has 1 aliphatic carbocycles. The first-order valence-electron chi connectivity index (χ1n) is 8.86. The molecule has 1 saturated heterocycles. The number of aromatic nitrogens is 3. The van der Waals surface area contributed by atoms with Gasteiger partial charge in [0.25, 0.3) is 5.91 Å². The van der Waals surface area contributed by atoms with Crippen LogP contribution < -0.4 is 5.32 Å². The summed E-state index contributed by atoms with van der Waals surface area (Å²) in [6.07, 6.45) is 4.22. The second-order valence-corrected chi connectivity index (χ2v) is 7.19. The van der Waals surface area contributed by atoms with E-state index in [1.165, 1.54) is 0 Å². The summed E-state index contributed by atoms with van der Waals surface area (Å²) in [4.78, 5) is 19.5. The molecule has 4 rings (SSSR count). The van der Waals surface area contributed by atoms with Crippen LogP contribution in [0.2, 0.25) is 5.02 Å². The molecule has 1 atom stereocenters. The number of hydrogen-bond acceptors (Lipinski definition) is 4. The largest absolute Gasteiger partial charge is 0.332 e. The molecule has 2 heterocycles. The third-order valence-electron chi connectivity index (χ3n) is 4.92. The van der Waals surface area contributed by atoms with Gasteiger partial charge in [0.2, 0.25) is 5.82 Å². The molecule has 2 fully saturated rings. The topological polar surface area (TPSA) is 63.1 Å². The zero-order valence-corrected chi connectivity index (χ0v) is 16.3. The van der Waals surface area contributed by atoms with E-state index in [1.807, 2.05) is 36.2 Å². The van der Waals surface area contributed by atoms with Crippen LogP contribution in [-0.2, 0) is 0 Å². The number of nitrogens with one attached hydrogen (secondary N) is 1. The average molecular weight is 396 g/mol. The predicted octanol–water partition coefficient (Wildman–Crippen LogP) is 3.04. The van der Waals surface area contributed by atoms with Gasteiger partial charge in [-0.25, -0.2) is 9.67 Å². The standard InChI is InChI=1S/C18H22ClN5O.ClH/c1-20-11-13-5-4-10-23(13)18(25)16-21-17(12-8-9-12)24(22-16)15-7-3-2-6-14(15)19;/h2-3,6-7,12-13,20H,4-5,8-11H2,1H3;1H. The maximum atomic E-state index is 13.0. The summed E-state index contributed by atoms with van der Waals surface area (Å²) in [5.74, 6) is 1.42. The third-order valence-corrected chi connectivity index (χ3v) is 5.24. The molecule has 0 spiro atoms. The molecule has 8 heteroatoms. The lowest BCUT2D eigenvalue weighted by molar-refractivity contribution is 0.0724. The Morgan fingerprint density at radius 1 is 1.31 bits per heavy atom. The molecule has 1 amide bonds. The second-order valence-electron chi connectivity index (χ2n) is 6.78. The zero-order chi connectivity index (χ0) is 17.4. The summed E-state index contributed by atoms with van der Waals surface area (Å²) in [6, 6.07) is 7.77. The number of likely N-dealkylation sites (tertiary alicyclic amines) is 1. The maximum Gasteiger partial charge on any atom is 0.293 e. The predicted molar refractivity (Wildman–Crippen MR) is 104 cm³/mol. The first-order chi connectivity index (χ1) is 12.2. The Hall–Kier alpha value is -1.63. The first kappa shape index (κ1) is 19.1. The van der Waals surface area contributed by atoms with Crippen molar-refractivity contribution in [3.05, 3.63) is 40.9 Å². The van der Waals surface area contributed by atoms with Gasteiger partial charge in [0, 0.05) is 25.0 Å². The molecule has 1 aliphatic heterocycles. The molecule has 1 aromatic carbocycles. The van der Waals surface area contributed by atoms with E-state index in [0.29, 0.717) is 10.9 Å². The number of benzene rings is 1. The number of carbonyl (C=O) groups is 1. The number of halogens is 2. The molecule has 1 N–H and O–H groups in total. The van der Waals surface area contributed by atoms with Crippen molar-refractivity contribution in [3.63, 3.8) is 0 Å². The molecule has 26 heavy (non-hydrogen) atoms. The van der Waals surface area contributed by atoms with E-state index in [2.05, 4.69) is 15.4 Å². The van der Waals surface area contributed by atoms with Crippen molar-refractivity contribution in [3.8, 4) is 5.69 Å². The van der Waals surface area contributed by atoms with Gasteiger partial charge in [-0.05, 0) is 44.9 Å². The van der Waals surface area contributed by atoms with E-state index in [0.717, 1.165) is 50.3 Å². The molecule has 140 valence electrons. The highest BCUT2D eigenvalue weighted by molar-refractivity contribution is 6.32. The summed E-state index contributed by atoms with van der Waals surface area (Å²) in [7, 11) is 1.91. The first-order valence-corrected chi connectivity index (χ1v) is 9.24. The van der Waals surface area contributed by atoms with Crippen LogP contribution in [0.4, 0.5) is 0 Å². The summed E-state index contributed by atoms with van der Waals surface area (Å²) < 4.78 is 1.76. The Morgan fingerprint density at radius 2 is 2.08 bits per heavy atom. The van der Waals surface area contributed by atoms with Gasteiger partial charge in [0.05, 0.1) is 10.7 Å². The lowest BCUT2D eigenvalue weighted by Crippen LogP contribution is -2.41. The van der Waals surface area contributed by atoms with Crippen molar-refractivity contribution in [2.45, 2.75) is 37.6 Å². The van der Waals surface area contributed by atoms with E-state index in [9.17, 15) is 4.79 Å². The van der Waals surface area contributed by atoms with Crippen LogP contribution >= 0.6 is 24.0 Å². The highest BCUT2D eigenvalue weighted by Crippen LogP contribution is 2.40. The molecule has 1 unspecified atom stereocenters. The van der Waals surface area contributed by atoms with E-state index >= 15 is 0 Å². The van der Waals surface area contributed by atoms with Crippen LogP contribution in [0.5, 0.6) is 0 Å². The quantitative estimate of drug-likeness (QED) is 0.844. The van der Waals surface area contributed by atoms with Crippen LogP contribution in [0.25, 0.3) is 5.69 Å². The van der Waals surface area contributed by atoms with Crippen LogP contribution in [0.1, 0.15) is 48.0 Å². The van der Waals surface area contributed by atoms with Gasteiger partial charge in [-0.2, -0.15) is 0 Å². The molecule has 2 aromatic rings. The molecular formula is C18H23Cl2N5O. The Morgan fingerprint density at radius 3 is 2.77 bits per heavy atom. The molecule has 0 bridgehead atoms. The van der Waals surface area contributed by atoms with Crippen molar-refractivity contribution in [2.24, 2.45) is 0 Å². The van der Waals surface area contributed by atoms with Gasteiger partial charge in [0.15, 0.2) is 0 Å².